The summed E-state index contributed by atoms with van der Waals surface area (Å²) in [5, 5.41) is 15.8. The molecule has 0 aromatic heterocycles. The van der Waals surface area contributed by atoms with Gasteiger partial charge >= 0.3 is 0 Å². The zero-order valence-corrected chi connectivity index (χ0v) is 33.2. The molecule has 10 rings (SSSR count). The average Bonchev–Trinajstić information content (AvgIpc) is 3.51. The van der Waals surface area contributed by atoms with Gasteiger partial charge in [-0.25, -0.2) is 0 Å². The average molecular weight is 748 g/mol. The monoisotopic (exact) mass is 747 g/mol. The summed E-state index contributed by atoms with van der Waals surface area (Å²) in [4.78, 5) is 2.43. The first kappa shape index (κ1) is 35.4. The van der Waals surface area contributed by atoms with Crippen molar-refractivity contribution in [3.8, 4) is 22.3 Å². The molecule has 0 saturated carbocycles. The first-order chi connectivity index (χ1) is 28.3. The molecule has 2 N–H and O–H groups in total. The van der Waals surface area contributed by atoms with Crippen LogP contribution in [0.15, 0.2) is 193 Å². The number of allylic oxidation sites excluding steroid dienone is 5. The Morgan fingerprint density at radius 1 is 0.569 bits per heavy atom. The van der Waals surface area contributed by atoms with Crippen LogP contribution in [0.3, 0.4) is 0 Å². The first-order valence-corrected chi connectivity index (χ1v) is 20.3. The highest BCUT2D eigenvalue weighted by molar-refractivity contribution is 6.16. The van der Waals surface area contributed by atoms with Gasteiger partial charge in [-0.1, -0.05) is 153 Å². The van der Waals surface area contributed by atoms with Gasteiger partial charge in [0.2, 0.25) is 0 Å². The van der Waals surface area contributed by atoms with E-state index in [9.17, 15) is 5.41 Å². The van der Waals surface area contributed by atoms with E-state index in [4.69, 9.17) is 0 Å². The number of benzene rings is 7. The highest BCUT2D eigenvalue weighted by atomic mass is 15.1. The van der Waals surface area contributed by atoms with Gasteiger partial charge in [-0.15, -0.1) is 0 Å². The van der Waals surface area contributed by atoms with Gasteiger partial charge in [-0.3, -0.25) is 0 Å². The molecule has 0 fully saturated rings. The van der Waals surface area contributed by atoms with Crippen LogP contribution >= 0.6 is 0 Å². The predicted molar refractivity (Wildman–Crippen MR) is 245 cm³/mol. The van der Waals surface area contributed by atoms with Gasteiger partial charge in [0.1, 0.15) is 0 Å². The van der Waals surface area contributed by atoms with Crippen LogP contribution in [0, 0.1) is 5.41 Å². The number of anilines is 2. The van der Waals surface area contributed by atoms with Crippen LogP contribution < -0.4 is 10.2 Å². The Morgan fingerprint density at radius 2 is 1.22 bits per heavy atom. The lowest BCUT2D eigenvalue weighted by molar-refractivity contribution is 0.660. The standard InChI is InChI=1S/C55H45N3/c1-36(54-47-18-10-9-17-42(47)34-52(57-54)43-22-21-38-15-7-8-16-41(38)33-43)53(56)40-25-29-45(30-26-40)58(44-27-23-39(24-28-44)37-13-5-4-6-14-37)46-31-32-49-48-19-11-12-20-50(48)55(2,3)51(49)35-46/h4-25,27-29,31-35,56-57H,26,30H2,1-3H3/b54-36-,56-53?. The molecule has 58 heavy (non-hydrogen) atoms. The number of rotatable bonds is 7. The van der Waals surface area contributed by atoms with E-state index in [-0.39, 0.29) is 5.41 Å². The molecule has 3 heteroatoms. The Hall–Kier alpha value is -6.97. The maximum absolute atomic E-state index is 9.61. The van der Waals surface area contributed by atoms with Crippen molar-refractivity contribution in [1.29, 1.82) is 5.41 Å². The fraction of sp³-hybridized carbons (Fsp3) is 0.109. The van der Waals surface area contributed by atoms with E-state index >= 15 is 0 Å². The molecule has 2 aliphatic carbocycles. The summed E-state index contributed by atoms with van der Waals surface area (Å²) in [6.45, 7) is 6.78. The Labute approximate surface area is 341 Å². The summed E-state index contributed by atoms with van der Waals surface area (Å²) in [7, 11) is 0. The van der Waals surface area contributed by atoms with Crippen LogP contribution in [-0.4, -0.2) is 5.71 Å². The maximum Gasteiger partial charge on any atom is 0.0622 e. The number of hydrogen-bond donors (Lipinski definition) is 2. The maximum atomic E-state index is 9.61. The minimum atomic E-state index is -0.103. The molecular formula is C55H45N3. The second kappa shape index (κ2) is 14.2. The number of fused-ring (bicyclic) bond motifs is 5. The van der Waals surface area contributed by atoms with Crippen molar-refractivity contribution in [1.82, 2.24) is 5.32 Å². The highest BCUT2D eigenvalue weighted by Gasteiger charge is 2.36. The molecular weight excluding hydrogens is 703 g/mol. The molecule has 3 nitrogen and oxygen atoms in total. The molecule has 1 aliphatic heterocycles. The highest BCUT2D eigenvalue weighted by Crippen LogP contribution is 2.50. The zero-order chi connectivity index (χ0) is 39.4. The molecule has 0 atom stereocenters. The quantitative estimate of drug-likeness (QED) is 0.159. The number of nitrogens with zero attached hydrogens (tertiary/aromatic N) is 1. The molecule has 0 unspecified atom stereocenters. The van der Waals surface area contributed by atoms with E-state index in [1.165, 1.54) is 49.9 Å². The minimum Gasteiger partial charge on any atom is -0.354 e. The molecule has 280 valence electrons. The van der Waals surface area contributed by atoms with Crippen LogP contribution in [0.5, 0.6) is 0 Å². The Balaban J connectivity index is 1.01. The summed E-state index contributed by atoms with van der Waals surface area (Å²) < 4.78 is 0. The molecule has 0 radical (unpaired) electrons. The van der Waals surface area contributed by atoms with Crippen molar-refractivity contribution in [2.45, 2.75) is 39.0 Å². The molecule has 0 saturated heterocycles. The summed E-state index contributed by atoms with van der Waals surface area (Å²) in [6, 6.07) is 59.0. The van der Waals surface area contributed by atoms with Gasteiger partial charge in [-0.05, 0) is 129 Å². The topological polar surface area (TPSA) is 39.1 Å². The van der Waals surface area contributed by atoms with Gasteiger partial charge in [-0.2, -0.15) is 0 Å². The molecule has 0 bridgehead atoms. The SMILES string of the molecule is C/C(C(=N)C1=CC=C(N(c2ccc(-c3ccccc3)cc2)c2ccc3c(c2)C(C)(C)c2ccccc2-3)CC1)=C1/NC(c2ccc3ccccc3c2)=Cc2ccccc21. The van der Waals surface area contributed by atoms with Crippen LogP contribution in [0.25, 0.3) is 50.5 Å². The van der Waals surface area contributed by atoms with Crippen molar-refractivity contribution >= 4 is 45.3 Å². The lowest BCUT2D eigenvalue weighted by atomic mass is 9.82. The van der Waals surface area contributed by atoms with Crippen molar-refractivity contribution in [2.75, 3.05) is 4.90 Å². The Kier molecular flexibility index (Phi) is 8.68. The van der Waals surface area contributed by atoms with E-state index in [1.807, 2.05) is 0 Å². The Morgan fingerprint density at radius 3 is 2.02 bits per heavy atom. The fourth-order valence-corrected chi connectivity index (χ4v) is 9.18. The third-order valence-electron chi connectivity index (χ3n) is 12.4. The van der Waals surface area contributed by atoms with Crippen molar-refractivity contribution in [2.24, 2.45) is 0 Å². The summed E-state index contributed by atoms with van der Waals surface area (Å²) >= 11 is 0. The van der Waals surface area contributed by atoms with Crippen LogP contribution in [0.2, 0.25) is 0 Å². The second-order valence-corrected chi connectivity index (χ2v) is 16.2. The number of hydrogen-bond acceptors (Lipinski definition) is 3. The summed E-state index contributed by atoms with van der Waals surface area (Å²) in [5.41, 5.74) is 19.2. The Bertz CT molecular complexity index is 2900. The van der Waals surface area contributed by atoms with Gasteiger partial charge in [0.05, 0.1) is 11.4 Å². The summed E-state index contributed by atoms with van der Waals surface area (Å²) in [6.07, 6.45) is 8.23. The van der Waals surface area contributed by atoms with E-state index in [0.717, 1.165) is 63.4 Å². The van der Waals surface area contributed by atoms with Gasteiger partial charge in [0, 0.05) is 33.7 Å². The van der Waals surface area contributed by atoms with E-state index in [2.05, 4.69) is 213 Å². The smallest absolute Gasteiger partial charge is 0.0622 e. The zero-order valence-electron chi connectivity index (χ0n) is 33.2. The lowest BCUT2D eigenvalue weighted by Gasteiger charge is -2.32. The molecule has 1 heterocycles. The second-order valence-electron chi connectivity index (χ2n) is 16.2. The molecule has 0 spiro atoms. The fourth-order valence-electron chi connectivity index (χ4n) is 9.18. The minimum absolute atomic E-state index is 0.103. The molecule has 7 aromatic rings. The predicted octanol–water partition coefficient (Wildman–Crippen LogP) is 14.1. The van der Waals surface area contributed by atoms with Gasteiger partial charge < -0.3 is 15.6 Å². The van der Waals surface area contributed by atoms with Crippen LogP contribution in [0.4, 0.5) is 11.4 Å². The first-order valence-electron chi connectivity index (χ1n) is 20.3. The van der Waals surface area contributed by atoms with Crippen LogP contribution in [0.1, 0.15) is 61.4 Å². The molecule has 7 aromatic carbocycles. The number of nitrogens with one attached hydrogen (secondary N) is 2. The molecule has 3 aliphatic rings. The lowest BCUT2D eigenvalue weighted by Crippen LogP contribution is -2.22. The van der Waals surface area contributed by atoms with Gasteiger partial charge in [0.15, 0.2) is 0 Å². The van der Waals surface area contributed by atoms with Crippen LogP contribution in [-0.2, 0) is 5.41 Å². The normalized spacial score (nSPS) is 15.9. The third kappa shape index (κ3) is 6.11. The van der Waals surface area contributed by atoms with Crippen molar-refractivity contribution < 1.29 is 0 Å². The van der Waals surface area contributed by atoms with Crippen molar-refractivity contribution in [3.63, 3.8) is 0 Å². The van der Waals surface area contributed by atoms with E-state index < -0.39 is 0 Å². The van der Waals surface area contributed by atoms with Crippen molar-refractivity contribution in [3.05, 3.63) is 221 Å². The van der Waals surface area contributed by atoms with E-state index in [1.54, 1.807) is 0 Å². The van der Waals surface area contributed by atoms with E-state index in [0.29, 0.717) is 5.71 Å². The van der Waals surface area contributed by atoms with Gasteiger partial charge in [0.25, 0.3) is 0 Å². The molecule has 0 amide bonds. The summed E-state index contributed by atoms with van der Waals surface area (Å²) in [5.74, 6) is 0. The largest absolute Gasteiger partial charge is 0.354 e. The third-order valence-corrected chi connectivity index (χ3v) is 12.4.